The van der Waals surface area contributed by atoms with Crippen LogP contribution >= 0.6 is 0 Å². The minimum atomic E-state index is -0.258. The number of phenolic OH excluding ortho intramolecular Hbond substituents is 1. The van der Waals surface area contributed by atoms with Gasteiger partial charge in [0.2, 0.25) is 0 Å². The predicted octanol–water partition coefficient (Wildman–Crippen LogP) is 7.11. The maximum atomic E-state index is 9.82. The van der Waals surface area contributed by atoms with Gasteiger partial charge in [-0.25, -0.2) is 0 Å². The first-order valence-corrected chi connectivity index (χ1v) is 11.9. The zero-order valence-corrected chi connectivity index (χ0v) is 20.2. The Hall–Kier alpha value is -1.78. The average Bonchev–Trinajstić information content (AvgIpc) is 2.73. The van der Waals surface area contributed by atoms with Crippen molar-refractivity contribution in [3.63, 3.8) is 0 Å². The highest BCUT2D eigenvalue weighted by Gasteiger charge is 2.28. The molecule has 2 rings (SSSR count). The first-order chi connectivity index (χ1) is 14.9. The molecule has 3 unspecified atom stereocenters. The molecule has 31 heavy (non-hydrogen) atoms. The summed E-state index contributed by atoms with van der Waals surface area (Å²) in [5, 5.41) is 9.82. The number of phenols is 1. The number of hydrogen-bond donors (Lipinski definition) is 1. The van der Waals surface area contributed by atoms with Crippen LogP contribution < -0.4 is 4.74 Å². The summed E-state index contributed by atoms with van der Waals surface area (Å²) in [5.41, 5.74) is 3.83. The lowest BCUT2D eigenvalue weighted by Crippen LogP contribution is -2.37. The second-order valence-electron chi connectivity index (χ2n) is 8.99. The third-order valence-electron chi connectivity index (χ3n) is 5.82. The SMILES string of the molecule is CCCCCC1CC(CCc2ccc(O)c(OC)c2)OC(C=C(C)CCC=C(C)C)O1. The Bertz CT molecular complexity index is 718. The van der Waals surface area contributed by atoms with E-state index in [-0.39, 0.29) is 24.2 Å². The number of unbranched alkanes of at least 4 members (excludes halogenated alkanes) is 2. The van der Waals surface area contributed by atoms with Gasteiger partial charge in [-0.05, 0) is 76.6 Å². The molecule has 0 spiro atoms. The summed E-state index contributed by atoms with van der Waals surface area (Å²) < 4.78 is 17.9. The summed E-state index contributed by atoms with van der Waals surface area (Å²) in [6, 6.07) is 5.58. The Balaban J connectivity index is 1.99. The quantitative estimate of drug-likeness (QED) is 0.284. The molecule has 1 N–H and O–H groups in total. The predicted molar refractivity (Wildman–Crippen MR) is 128 cm³/mol. The maximum Gasteiger partial charge on any atom is 0.177 e. The third kappa shape index (κ3) is 9.49. The monoisotopic (exact) mass is 430 g/mol. The minimum absolute atomic E-state index is 0.173. The molecule has 0 bridgehead atoms. The fourth-order valence-corrected chi connectivity index (χ4v) is 4.00. The summed E-state index contributed by atoms with van der Waals surface area (Å²) in [6.45, 7) is 8.69. The number of aryl methyl sites for hydroxylation is 1. The number of benzene rings is 1. The molecule has 1 fully saturated rings. The zero-order chi connectivity index (χ0) is 22.6. The first kappa shape index (κ1) is 25.5. The number of rotatable bonds is 12. The highest BCUT2D eigenvalue weighted by molar-refractivity contribution is 5.41. The van der Waals surface area contributed by atoms with Crippen LogP contribution in [-0.4, -0.2) is 30.7 Å². The van der Waals surface area contributed by atoms with Gasteiger partial charge < -0.3 is 19.3 Å². The zero-order valence-electron chi connectivity index (χ0n) is 20.2. The van der Waals surface area contributed by atoms with E-state index in [1.807, 2.05) is 12.1 Å². The molecule has 4 nitrogen and oxygen atoms in total. The molecule has 4 heteroatoms. The van der Waals surface area contributed by atoms with E-state index in [0.29, 0.717) is 5.75 Å². The van der Waals surface area contributed by atoms with Crippen molar-refractivity contribution in [1.29, 1.82) is 0 Å². The highest BCUT2D eigenvalue weighted by atomic mass is 16.7. The lowest BCUT2D eigenvalue weighted by molar-refractivity contribution is -0.222. The van der Waals surface area contributed by atoms with Crippen LogP contribution in [-0.2, 0) is 15.9 Å². The van der Waals surface area contributed by atoms with Gasteiger partial charge in [0.25, 0.3) is 0 Å². The molecule has 0 aliphatic carbocycles. The molecule has 1 aromatic rings. The van der Waals surface area contributed by atoms with Crippen molar-refractivity contribution in [2.75, 3.05) is 7.11 Å². The van der Waals surface area contributed by atoms with E-state index in [4.69, 9.17) is 14.2 Å². The Morgan fingerprint density at radius 2 is 1.87 bits per heavy atom. The number of ether oxygens (including phenoxy) is 3. The average molecular weight is 431 g/mol. The van der Waals surface area contributed by atoms with Crippen LogP contribution in [0.1, 0.15) is 84.6 Å². The molecule has 0 radical (unpaired) electrons. The van der Waals surface area contributed by atoms with Gasteiger partial charge >= 0.3 is 0 Å². The summed E-state index contributed by atoms with van der Waals surface area (Å²) in [4.78, 5) is 0. The van der Waals surface area contributed by atoms with E-state index < -0.39 is 0 Å². The topological polar surface area (TPSA) is 47.9 Å². The second kappa shape index (κ2) is 13.6. The van der Waals surface area contributed by atoms with Crippen molar-refractivity contribution in [1.82, 2.24) is 0 Å². The molecule has 0 saturated carbocycles. The van der Waals surface area contributed by atoms with Gasteiger partial charge in [0, 0.05) is 6.42 Å². The fraction of sp³-hybridized carbons (Fsp3) is 0.630. The third-order valence-corrected chi connectivity index (χ3v) is 5.82. The van der Waals surface area contributed by atoms with E-state index >= 15 is 0 Å². The number of hydrogen-bond acceptors (Lipinski definition) is 4. The minimum Gasteiger partial charge on any atom is -0.504 e. The van der Waals surface area contributed by atoms with E-state index in [1.165, 1.54) is 30.4 Å². The van der Waals surface area contributed by atoms with Crippen LogP contribution in [0.25, 0.3) is 0 Å². The van der Waals surface area contributed by atoms with Crippen LogP contribution in [0.2, 0.25) is 0 Å². The Labute approximate surface area is 189 Å². The van der Waals surface area contributed by atoms with Crippen molar-refractivity contribution in [2.24, 2.45) is 0 Å². The summed E-state index contributed by atoms with van der Waals surface area (Å²) in [6.07, 6.45) is 14.3. The summed E-state index contributed by atoms with van der Waals surface area (Å²) in [5.74, 6) is 0.703. The molecule has 1 aliphatic rings. The summed E-state index contributed by atoms with van der Waals surface area (Å²) >= 11 is 0. The van der Waals surface area contributed by atoms with Gasteiger partial charge in [-0.2, -0.15) is 0 Å². The molecule has 174 valence electrons. The Morgan fingerprint density at radius 1 is 1.13 bits per heavy atom. The highest BCUT2D eigenvalue weighted by Crippen LogP contribution is 2.30. The van der Waals surface area contributed by atoms with E-state index in [9.17, 15) is 5.11 Å². The molecular weight excluding hydrogens is 388 g/mol. The van der Waals surface area contributed by atoms with Gasteiger partial charge in [-0.15, -0.1) is 0 Å². The molecular formula is C27H42O4. The smallest absolute Gasteiger partial charge is 0.177 e. The van der Waals surface area contributed by atoms with Gasteiger partial charge in [-0.3, -0.25) is 0 Å². The Morgan fingerprint density at radius 3 is 2.55 bits per heavy atom. The van der Waals surface area contributed by atoms with E-state index in [2.05, 4.69) is 39.8 Å². The fourth-order valence-electron chi connectivity index (χ4n) is 4.00. The number of aromatic hydroxyl groups is 1. The van der Waals surface area contributed by atoms with Gasteiger partial charge in [-0.1, -0.05) is 49.5 Å². The second-order valence-corrected chi connectivity index (χ2v) is 8.99. The normalized spacial score (nSPS) is 21.7. The standard InChI is InChI=1S/C27H42O4/c1-6-7-8-12-23-19-24(15-13-22-14-16-25(28)26(18-22)29-5)31-27(30-23)17-21(4)11-9-10-20(2)3/h10,14,16-18,23-24,27-28H,6-9,11-13,15,19H2,1-5H3. The van der Waals surface area contributed by atoms with Crippen molar-refractivity contribution in [3.8, 4) is 11.5 Å². The maximum absolute atomic E-state index is 9.82. The van der Waals surface area contributed by atoms with Gasteiger partial charge in [0.05, 0.1) is 19.3 Å². The van der Waals surface area contributed by atoms with Crippen LogP contribution in [0.5, 0.6) is 11.5 Å². The van der Waals surface area contributed by atoms with E-state index in [1.54, 1.807) is 13.2 Å². The molecule has 0 amide bonds. The molecule has 1 heterocycles. The van der Waals surface area contributed by atoms with Crippen molar-refractivity contribution >= 4 is 0 Å². The number of allylic oxidation sites excluding steroid dienone is 3. The lowest BCUT2D eigenvalue weighted by Gasteiger charge is -2.35. The Kier molecular flexibility index (Phi) is 11.2. The van der Waals surface area contributed by atoms with Crippen molar-refractivity contribution in [3.05, 3.63) is 47.1 Å². The number of methoxy groups -OCH3 is 1. The molecule has 1 saturated heterocycles. The largest absolute Gasteiger partial charge is 0.504 e. The van der Waals surface area contributed by atoms with Crippen LogP contribution in [0, 0.1) is 0 Å². The van der Waals surface area contributed by atoms with Crippen LogP contribution in [0.3, 0.4) is 0 Å². The molecule has 1 aliphatic heterocycles. The molecule has 3 atom stereocenters. The summed E-state index contributed by atoms with van der Waals surface area (Å²) in [7, 11) is 1.58. The van der Waals surface area contributed by atoms with Crippen molar-refractivity contribution < 1.29 is 19.3 Å². The van der Waals surface area contributed by atoms with Crippen molar-refractivity contribution in [2.45, 2.75) is 104 Å². The van der Waals surface area contributed by atoms with E-state index in [0.717, 1.165) is 44.1 Å². The molecule has 0 aromatic heterocycles. The van der Waals surface area contributed by atoms with Gasteiger partial charge in [0.15, 0.2) is 17.8 Å². The molecule has 1 aromatic carbocycles. The lowest BCUT2D eigenvalue weighted by atomic mass is 9.98. The first-order valence-electron chi connectivity index (χ1n) is 11.9. The van der Waals surface area contributed by atoms with Crippen LogP contribution in [0.15, 0.2) is 41.5 Å². The van der Waals surface area contributed by atoms with Gasteiger partial charge in [0.1, 0.15) is 0 Å². The van der Waals surface area contributed by atoms with Crippen LogP contribution in [0.4, 0.5) is 0 Å².